The lowest BCUT2D eigenvalue weighted by Gasteiger charge is -2.17. The zero-order chi connectivity index (χ0) is 17.7. The molecule has 7 heteroatoms. The van der Waals surface area contributed by atoms with E-state index in [2.05, 4.69) is 5.32 Å². The molecule has 0 saturated heterocycles. The van der Waals surface area contributed by atoms with Crippen LogP contribution in [0.2, 0.25) is 10.0 Å². The molecule has 0 spiro atoms. The molecule has 0 aromatic heterocycles. The normalized spacial score (nSPS) is 11.5. The van der Waals surface area contributed by atoms with E-state index < -0.39 is 6.10 Å². The van der Waals surface area contributed by atoms with Gasteiger partial charge in [0.15, 0.2) is 6.10 Å². The Balaban J connectivity index is 2.15. The van der Waals surface area contributed by atoms with Crippen molar-refractivity contribution in [1.82, 2.24) is 0 Å². The minimum Gasteiger partial charge on any atom is -0.495 e. The zero-order valence-electron chi connectivity index (χ0n) is 13.4. The summed E-state index contributed by atoms with van der Waals surface area (Å²) in [6.45, 7) is 1.62. The molecule has 0 unspecified atom stereocenters. The number of methoxy groups -OCH3 is 2. The fraction of sp³-hybridized carbons (Fsp3) is 0.235. The third-order valence-electron chi connectivity index (χ3n) is 3.24. The number of hydrogen-bond acceptors (Lipinski definition) is 4. The predicted molar refractivity (Wildman–Crippen MR) is 94.7 cm³/mol. The average Bonchev–Trinajstić information content (AvgIpc) is 2.57. The summed E-state index contributed by atoms with van der Waals surface area (Å²) in [6, 6.07) is 10.1. The number of para-hydroxylation sites is 1. The Labute approximate surface area is 150 Å². The Morgan fingerprint density at radius 3 is 2.29 bits per heavy atom. The summed E-state index contributed by atoms with van der Waals surface area (Å²) in [4.78, 5) is 12.4. The van der Waals surface area contributed by atoms with Crippen LogP contribution in [0.15, 0.2) is 36.4 Å². The van der Waals surface area contributed by atoms with E-state index in [0.29, 0.717) is 33.0 Å². The van der Waals surface area contributed by atoms with Gasteiger partial charge in [-0.25, -0.2) is 0 Å². The van der Waals surface area contributed by atoms with E-state index in [0.717, 1.165) is 0 Å². The maximum atomic E-state index is 12.4. The topological polar surface area (TPSA) is 56.8 Å². The van der Waals surface area contributed by atoms with Crippen molar-refractivity contribution in [3.63, 3.8) is 0 Å². The molecule has 128 valence electrons. The van der Waals surface area contributed by atoms with Crippen LogP contribution in [0.25, 0.3) is 0 Å². The summed E-state index contributed by atoms with van der Waals surface area (Å²) in [5.41, 5.74) is 0.429. The van der Waals surface area contributed by atoms with Crippen molar-refractivity contribution in [2.75, 3.05) is 19.5 Å². The number of amides is 1. The van der Waals surface area contributed by atoms with Crippen LogP contribution in [-0.4, -0.2) is 26.2 Å². The van der Waals surface area contributed by atoms with Crippen molar-refractivity contribution < 1.29 is 19.0 Å². The number of benzene rings is 2. The SMILES string of the molecule is COc1cc(NC(=O)[C@@H](C)Oc2ccccc2Cl)c(OC)cc1Cl. The fourth-order valence-electron chi connectivity index (χ4n) is 1.98. The van der Waals surface area contributed by atoms with Crippen molar-refractivity contribution in [2.45, 2.75) is 13.0 Å². The van der Waals surface area contributed by atoms with Gasteiger partial charge in [0.2, 0.25) is 0 Å². The third-order valence-corrected chi connectivity index (χ3v) is 3.85. The largest absolute Gasteiger partial charge is 0.495 e. The van der Waals surface area contributed by atoms with E-state index in [1.165, 1.54) is 14.2 Å². The van der Waals surface area contributed by atoms with Crippen LogP contribution >= 0.6 is 23.2 Å². The monoisotopic (exact) mass is 369 g/mol. The Hall–Kier alpha value is -2.11. The van der Waals surface area contributed by atoms with Gasteiger partial charge in [-0.05, 0) is 19.1 Å². The smallest absolute Gasteiger partial charge is 0.265 e. The highest BCUT2D eigenvalue weighted by Gasteiger charge is 2.19. The third kappa shape index (κ3) is 4.24. The molecular weight excluding hydrogens is 353 g/mol. The average molecular weight is 370 g/mol. The van der Waals surface area contributed by atoms with Crippen molar-refractivity contribution in [3.8, 4) is 17.2 Å². The summed E-state index contributed by atoms with van der Waals surface area (Å²) in [5.74, 6) is 0.909. The van der Waals surface area contributed by atoms with E-state index in [-0.39, 0.29) is 5.91 Å². The molecule has 0 heterocycles. The van der Waals surface area contributed by atoms with E-state index in [4.69, 9.17) is 37.4 Å². The Morgan fingerprint density at radius 1 is 1.00 bits per heavy atom. The van der Waals surface area contributed by atoms with Gasteiger partial charge in [-0.3, -0.25) is 4.79 Å². The van der Waals surface area contributed by atoms with Gasteiger partial charge in [0.1, 0.15) is 17.2 Å². The highest BCUT2D eigenvalue weighted by atomic mass is 35.5. The first kappa shape index (κ1) is 18.2. The number of carbonyl (C=O) groups excluding carboxylic acids is 1. The molecule has 0 aliphatic heterocycles. The molecule has 2 aromatic rings. The summed E-state index contributed by atoms with van der Waals surface area (Å²) in [6.07, 6.45) is -0.767. The van der Waals surface area contributed by atoms with Crippen LogP contribution in [0.4, 0.5) is 5.69 Å². The van der Waals surface area contributed by atoms with Gasteiger partial charge in [-0.1, -0.05) is 35.3 Å². The highest BCUT2D eigenvalue weighted by molar-refractivity contribution is 6.32. The lowest BCUT2D eigenvalue weighted by Crippen LogP contribution is -2.30. The number of hydrogen-bond donors (Lipinski definition) is 1. The first-order valence-electron chi connectivity index (χ1n) is 7.09. The van der Waals surface area contributed by atoms with Crippen molar-refractivity contribution in [2.24, 2.45) is 0 Å². The molecule has 1 amide bonds. The minimum absolute atomic E-state index is 0.363. The van der Waals surface area contributed by atoms with Gasteiger partial charge in [0.05, 0.1) is 30.0 Å². The lowest BCUT2D eigenvalue weighted by atomic mass is 10.2. The summed E-state index contributed by atoms with van der Waals surface area (Å²) >= 11 is 12.1. The van der Waals surface area contributed by atoms with Gasteiger partial charge >= 0.3 is 0 Å². The number of halogens is 2. The maximum Gasteiger partial charge on any atom is 0.265 e. The van der Waals surface area contributed by atoms with Crippen molar-refractivity contribution >= 4 is 34.8 Å². The Kier molecular flexibility index (Phi) is 6.17. The summed E-state index contributed by atoms with van der Waals surface area (Å²) < 4.78 is 16.0. The van der Waals surface area contributed by atoms with Gasteiger partial charge in [0.25, 0.3) is 5.91 Å². The van der Waals surface area contributed by atoms with Crippen LogP contribution in [0.1, 0.15) is 6.92 Å². The Morgan fingerprint density at radius 2 is 1.67 bits per heavy atom. The standard InChI is InChI=1S/C17H17Cl2NO4/c1-10(24-14-7-5-4-6-11(14)18)17(21)20-13-9-15(22-2)12(19)8-16(13)23-3/h4-10H,1-3H3,(H,20,21)/t10-/m1/s1. The van der Waals surface area contributed by atoms with Gasteiger partial charge < -0.3 is 19.5 Å². The second-order valence-corrected chi connectivity index (χ2v) is 5.68. The van der Waals surface area contributed by atoms with Gasteiger partial charge in [-0.15, -0.1) is 0 Å². The Bertz CT molecular complexity index is 737. The molecule has 5 nitrogen and oxygen atoms in total. The van der Waals surface area contributed by atoms with Gasteiger partial charge in [0, 0.05) is 12.1 Å². The number of ether oxygens (including phenoxy) is 3. The molecular formula is C17H17Cl2NO4. The number of anilines is 1. The molecule has 2 aromatic carbocycles. The van der Waals surface area contributed by atoms with Crippen LogP contribution in [0, 0.1) is 0 Å². The van der Waals surface area contributed by atoms with Crippen LogP contribution in [0.5, 0.6) is 17.2 Å². The molecule has 0 aliphatic carbocycles. The number of carbonyl (C=O) groups is 1. The molecule has 0 bridgehead atoms. The van der Waals surface area contributed by atoms with E-state index in [1.54, 1.807) is 43.3 Å². The van der Waals surface area contributed by atoms with E-state index in [9.17, 15) is 4.79 Å². The first-order chi connectivity index (χ1) is 11.5. The van der Waals surface area contributed by atoms with E-state index in [1.807, 2.05) is 0 Å². The molecule has 2 rings (SSSR count). The van der Waals surface area contributed by atoms with Crippen LogP contribution < -0.4 is 19.5 Å². The molecule has 1 N–H and O–H groups in total. The van der Waals surface area contributed by atoms with Crippen molar-refractivity contribution in [1.29, 1.82) is 0 Å². The minimum atomic E-state index is -0.767. The van der Waals surface area contributed by atoms with Crippen molar-refractivity contribution in [3.05, 3.63) is 46.4 Å². The number of rotatable bonds is 6. The van der Waals surface area contributed by atoms with Crippen LogP contribution in [0.3, 0.4) is 0 Å². The predicted octanol–water partition coefficient (Wildman–Crippen LogP) is 4.42. The molecule has 0 saturated carbocycles. The first-order valence-corrected chi connectivity index (χ1v) is 7.85. The number of nitrogens with one attached hydrogen (secondary N) is 1. The maximum absolute atomic E-state index is 12.4. The highest BCUT2D eigenvalue weighted by Crippen LogP contribution is 2.36. The molecule has 0 aliphatic rings. The molecule has 1 atom stereocenters. The second-order valence-electron chi connectivity index (χ2n) is 4.87. The molecule has 0 fully saturated rings. The second kappa shape index (κ2) is 8.13. The lowest BCUT2D eigenvalue weighted by molar-refractivity contribution is -0.122. The summed E-state index contributed by atoms with van der Waals surface area (Å²) in [5, 5.41) is 3.55. The quantitative estimate of drug-likeness (QED) is 0.818. The van der Waals surface area contributed by atoms with Crippen LogP contribution in [-0.2, 0) is 4.79 Å². The summed E-state index contributed by atoms with van der Waals surface area (Å²) in [7, 11) is 2.97. The molecule has 24 heavy (non-hydrogen) atoms. The van der Waals surface area contributed by atoms with Gasteiger partial charge in [-0.2, -0.15) is 0 Å². The zero-order valence-corrected chi connectivity index (χ0v) is 14.9. The molecule has 0 radical (unpaired) electrons. The fourth-order valence-corrected chi connectivity index (χ4v) is 2.39. The van der Waals surface area contributed by atoms with E-state index >= 15 is 0 Å².